The molecule has 0 aliphatic carbocycles. The summed E-state index contributed by atoms with van der Waals surface area (Å²) in [7, 11) is 3.37. The van der Waals surface area contributed by atoms with Crippen LogP contribution in [0, 0.1) is 0 Å². The minimum absolute atomic E-state index is 0.0940. The molecule has 78 valence electrons. The van der Waals surface area contributed by atoms with Crippen LogP contribution < -0.4 is 5.32 Å². The zero-order valence-electron chi connectivity index (χ0n) is 8.49. The van der Waals surface area contributed by atoms with Crippen LogP contribution in [0.3, 0.4) is 0 Å². The second kappa shape index (κ2) is 5.39. The second-order valence-corrected chi connectivity index (χ2v) is 3.01. The van der Waals surface area contributed by atoms with E-state index in [1.165, 1.54) is 7.11 Å². The van der Waals surface area contributed by atoms with Crippen LogP contribution in [0.15, 0.2) is 12.3 Å². The van der Waals surface area contributed by atoms with Gasteiger partial charge >= 0.3 is 0 Å². The zero-order chi connectivity index (χ0) is 10.4. The molecule has 0 bridgehead atoms. The monoisotopic (exact) mass is 197 g/mol. The van der Waals surface area contributed by atoms with Crippen LogP contribution in [0.25, 0.3) is 0 Å². The number of carbonyl (C=O) groups is 1. The van der Waals surface area contributed by atoms with Crippen LogP contribution in [0.2, 0.25) is 0 Å². The van der Waals surface area contributed by atoms with Gasteiger partial charge < -0.3 is 10.1 Å². The third-order valence-corrected chi connectivity index (χ3v) is 1.75. The van der Waals surface area contributed by atoms with Crippen LogP contribution in [0.1, 0.15) is 5.69 Å². The predicted octanol–water partition coefficient (Wildman–Crippen LogP) is -0.275. The van der Waals surface area contributed by atoms with E-state index in [9.17, 15) is 4.79 Å². The SMILES string of the molecule is COCC(=O)NCCc1ccn(C)n1. The van der Waals surface area contributed by atoms with Crippen molar-refractivity contribution in [1.29, 1.82) is 0 Å². The molecule has 5 nitrogen and oxygen atoms in total. The molecule has 1 aromatic rings. The number of nitrogens with zero attached hydrogens (tertiary/aromatic N) is 2. The van der Waals surface area contributed by atoms with E-state index in [0.29, 0.717) is 6.54 Å². The molecule has 0 aliphatic heterocycles. The largest absolute Gasteiger partial charge is 0.375 e. The van der Waals surface area contributed by atoms with Gasteiger partial charge in [-0.05, 0) is 6.07 Å². The van der Waals surface area contributed by atoms with E-state index < -0.39 is 0 Å². The Morgan fingerprint density at radius 2 is 2.50 bits per heavy atom. The Bertz CT molecular complexity index is 296. The van der Waals surface area contributed by atoms with Gasteiger partial charge in [0.25, 0.3) is 0 Å². The first kappa shape index (κ1) is 10.7. The Morgan fingerprint density at radius 1 is 1.71 bits per heavy atom. The molecular formula is C9H15N3O2. The smallest absolute Gasteiger partial charge is 0.245 e. The van der Waals surface area contributed by atoms with Crippen LogP contribution in [0.5, 0.6) is 0 Å². The summed E-state index contributed by atoms with van der Waals surface area (Å²) in [5.74, 6) is -0.0940. The van der Waals surface area contributed by atoms with Crippen molar-refractivity contribution in [3.8, 4) is 0 Å². The standard InChI is InChI=1S/C9H15N3O2/c1-12-6-4-8(11-12)3-5-10-9(13)7-14-2/h4,6H,3,5,7H2,1-2H3,(H,10,13). The van der Waals surface area contributed by atoms with Gasteiger partial charge in [-0.15, -0.1) is 0 Å². The maximum absolute atomic E-state index is 11.0. The fraction of sp³-hybridized carbons (Fsp3) is 0.556. The van der Waals surface area contributed by atoms with Crippen molar-refractivity contribution in [2.75, 3.05) is 20.3 Å². The predicted molar refractivity (Wildman–Crippen MR) is 51.8 cm³/mol. The maximum Gasteiger partial charge on any atom is 0.245 e. The van der Waals surface area contributed by atoms with Gasteiger partial charge in [-0.25, -0.2) is 0 Å². The molecule has 0 unspecified atom stereocenters. The Kier molecular flexibility index (Phi) is 4.12. The highest BCUT2D eigenvalue weighted by Gasteiger charge is 2.00. The first-order chi connectivity index (χ1) is 6.72. The van der Waals surface area contributed by atoms with Gasteiger partial charge in [0.15, 0.2) is 0 Å². The summed E-state index contributed by atoms with van der Waals surface area (Å²) in [6.07, 6.45) is 2.63. The molecule has 1 amide bonds. The number of hydrogen-bond donors (Lipinski definition) is 1. The highest BCUT2D eigenvalue weighted by Crippen LogP contribution is 1.93. The summed E-state index contributed by atoms with van der Waals surface area (Å²) in [4.78, 5) is 11.0. The molecule has 0 aliphatic rings. The van der Waals surface area contributed by atoms with Crippen LogP contribution in [-0.2, 0) is 23.0 Å². The molecule has 0 aromatic carbocycles. The van der Waals surface area contributed by atoms with E-state index in [0.717, 1.165) is 12.1 Å². The molecule has 1 aromatic heterocycles. The normalized spacial score (nSPS) is 10.1. The van der Waals surface area contributed by atoms with Crippen molar-refractivity contribution in [2.24, 2.45) is 7.05 Å². The van der Waals surface area contributed by atoms with Crippen LogP contribution in [-0.4, -0.2) is 35.9 Å². The van der Waals surface area contributed by atoms with Gasteiger partial charge in [-0.3, -0.25) is 9.48 Å². The highest BCUT2D eigenvalue weighted by molar-refractivity contribution is 5.77. The minimum Gasteiger partial charge on any atom is -0.375 e. The average Bonchev–Trinajstić information content (AvgIpc) is 2.52. The lowest BCUT2D eigenvalue weighted by atomic mass is 10.3. The fourth-order valence-corrected chi connectivity index (χ4v) is 1.11. The van der Waals surface area contributed by atoms with E-state index in [-0.39, 0.29) is 12.5 Å². The van der Waals surface area contributed by atoms with E-state index in [1.54, 1.807) is 4.68 Å². The van der Waals surface area contributed by atoms with Crippen molar-refractivity contribution in [3.05, 3.63) is 18.0 Å². The van der Waals surface area contributed by atoms with Crippen molar-refractivity contribution < 1.29 is 9.53 Å². The summed E-state index contributed by atoms with van der Waals surface area (Å²) in [6.45, 7) is 0.710. The molecule has 0 spiro atoms. The van der Waals surface area contributed by atoms with Crippen LogP contribution >= 0.6 is 0 Å². The molecule has 0 radical (unpaired) electrons. The number of rotatable bonds is 5. The third-order valence-electron chi connectivity index (χ3n) is 1.75. The molecule has 0 fully saturated rings. The van der Waals surface area contributed by atoms with Gasteiger partial charge in [0, 0.05) is 33.3 Å². The molecule has 0 saturated carbocycles. The number of hydrogen-bond acceptors (Lipinski definition) is 3. The third kappa shape index (κ3) is 3.57. The molecule has 5 heteroatoms. The van der Waals surface area contributed by atoms with E-state index in [2.05, 4.69) is 15.2 Å². The van der Waals surface area contributed by atoms with Gasteiger partial charge in [0.2, 0.25) is 5.91 Å². The summed E-state index contributed by atoms with van der Waals surface area (Å²) in [6, 6.07) is 1.93. The number of methoxy groups -OCH3 is 1. The Hall–Kier alpha value is -1.36. The Labute approximate surface area is 83.1 Å². The van der Waals surface area contributed by atoms with E-state index in [1.807, 2.05) is 19.3 Å². The number of nitrogens with one attached hydrogen (secondary N) is 1. The summed E-state index contributed by atoms with van der Waals surface area (Å²) < 4.78 is 6.42. The summed E-state index contributed by atoms with van der Waals surface area (Å²) >= 11 is 0. The molecule has 0 atom stereocenters. The molecular weight excluding hydrogens is 182 g/mol. The van der Waals surface area contributed by atoms with Crippen LogP contribution in [0.4, 0.5) is 0 Å². The lowest BCUT2D eigenvalue weighted by Gasteiger charge is -2.01. The van der Waals surface area contributed by atoms with Gasteiger partial charge in [-0.1, -0.05) is 0 Å². The Morgan fingerprint density at radius 3 is 3.07 bits per heavy atom. The fourth-order valence-electron chi connectivity index (χ4n) is 1.11. The number of aromatic nitrogens is 2. The van der Waals surface area contributed by atoms with Gasteiger partial charge in [0.05, 0.1) is 5.69 Å². The van der Waals surface area contributed by atoms with Crippen molar-refractivity contribution in [2.45, 2.75) is 6.42 Å². The van der Waals surface area contributed by atoms with Gasteiger partial charge in [-0.2, -0.15) is 5.10 Å². The summed E-state index contributed by atoms with van der Waals surface area (Å²) in [5, 5.41) is 6.92. The van der Waals surface area contributed by atoms with Crippen molar-refractivity contribution >= 4 is 5.91 Å². The van der Waals surface area contributed by atoms with Crippen molar-refractivity contribution in [3.63, 3.8) is 0 Å². The highest BCUT2D eigenvalue weighted by atomic mass is 16.5. The molecule has 14 heavy (non-hydrogen) atoms. The molecule has 1 N–H and O–H groups in total. The minimum atomic E-state index is -0.0940. The lowest BCUT2D eigenvalue weighted by molar-refractivity contribution is -0.124. The van der Waals surface area contributed by atoms with Crippen molar-refractivity contribution in [1.82, 2.24) is 15.1 Å². The van der Waals surface area contributed by atoms with E-state index in [4.69, 9.17) is 0 Å². The Balaban J connectivity index is 2.18. The average molecular weight is 197 g/mol. The first-order valence-corrected chi connectivity index (χ1v) is 4.46. The quantitative estimate of drug-likeness (QED) is 0.706. The van der Waals surface area contributed by atoms with E-state index >= 15 is 0 Å². The maximum atomic E-state index is 11.0. The number of carbonyl (C=O) groups excluding carboxylic acids is 1. The lowest BCUT2D eigenvalue weighted by Crippen LogP contribution is -2.29. The summed E-state index contributed by atoms with van der Waals surface area (Å²) in [5.41, 5.74) is 0.977. The topological polar surface area (TPSA) is 56.1 Å². The number of ether oxygens (including phenoxy) is 1. The van der Waals surface area contributed by atoms with Gasteiger partial charge in [0.1, 0.15) is 6.61 Å². The number of aryl methyl sites for hydroxylation is 1. The molecule has 1 rings (SSSR count). The molecule has 0 saturated heterocycles. The first-order valence-electron chi connectivity index (χ1n) is 4.46. The molecule has 1 heterocycles. The zero-order valence-corrected chi connectivity index (χ0v) is 8.49. The second-order valence-electron chi connectivity index (χ2n) is 3.01. The number of amides is 1.